The van der Waals surface area contributed by atoms with Gasteiger partial charge in [-0.05, 0) is 46.6 Å². The third-order valence-electron chi connectivity index (χ3n) is 2.69. The Morgan fingerprint density at radius 3 is 2.84 bits per heavy atom. The topological polar surface area (TPSA) is 51.2 Å². The summed E-state index contributed by atoms with van der Waals surface area (Å²) >= 11 is 3.34. The fraction of sp³-hybridized carbons (Fsp3) is 0.143. The minimum absolute atomic E-state index is 0.190. The van der Waals surface area contributed by atoms with E-state index in [1.807, 2.05) is 13.0 Å². The molecule has 5 heteroatoms. The number of halogens is 1. The number of nitrogens with one attached hydrogen (secondary N) is 1. The molecule has 0 aliphatic carbocycles. The highest BCUT2D eigenvalue weighted by Crippen LogP contribution is 2.23. The van der Waals surface area contributed by atoms with Crippen LogP contribution in [0, 0.1) is 6.92 Å². The number of pyridine rings is 1. The Morgan fingerprint density at radius 2 is 2.16 bits per heavy atom. The summed E-state index contributed by atoms with van der Waals surface area (Å²) in [5.41, 5.74) is 2.22. The van der Waals surface area contributed by atoms with E-state index in [-0.39, 0.29) is 5.91 Å². The van der Waals surface area contributed by atoms with Crippen molar-refractivity contribution in [2.24, 2.45) is 0 Å². The van der Waals surface area contributed by atoms with Crippen LogP contribution in [0.4, 0.5) is 5.69 Å². The van der Waals surface area contributed by atoms with Crippen molar-refractivity contribution in [2.45, 2.75) is 6.92 Å². The molecule has 1 aromatic carbocycles. The standard InChI is InChI=1S/C14H13BrN2O2/c1-9-3-4-10(7-13(9)19-2)14(18)17-12-5-6-16-8-11(12)15/h3-8H,1-2H3,(H,16,17,18). The van der Waals surface area contributed by atoms with Crippen LogP contribution in [0.3, 0.4) is 0 Å². The van der Waals surface area contributed by atoms with Gasteiger partial charge >= 0.3 is 0 Å². The molecule has 0 spiro atoms. The van der Waals surface area contributed by atoms with Crippen LogP contribution in [0.2, 0.25) is 0 Å². The molecule has 1 heterocycles. The third-order valence-corrected chi connectivity index (χ3v) is 3.32. The number of rotatable bonds is 3. The second kappa shape index (κ2) is 5.84. The zero-order chi connectivity index (χ0) is 13.8. The Kier molecular flexibility index (Phi) is 4.16. The summed E-state index contributed by atoms with van der Waals surface area (Å²) in [7, 11) is 1.59. The summed E-state index contributed by atoms with van der Waals surface area (Å²) in [5.74, 6) is 0.506. The van der Waals surface area contributed by atoms with E-state index in [2.05, 4.69) is 26.2 Å². The van der Waals surface area contributed by atoms with Gasteiger partial charge in [-0.1, -0.05) is 6.07 Å². The maximum atomic E-state index is 12.1. The van der Waals surface area contributed by atoms with Crippen molar-refractivity contribution >= 4 is 27.5 Å². The number of ether oxygens (including phenoxy) is 1. The predicted molar refractivity (Wildman–Crippen MR) is 77.6 cm³/mol. The molecule has 0 saturated carbocycles. The van der Waals surface area contributed by atoms with Gasteiger partial charge < -0.3 is 10.1 Å². The lowest BCUT2D eigenvalue weighted by molar-refractivity contribution is 0.102. The molecule has 2 aromatic rings. The maximum absolute atomic E-state index is 12.1. The summed E-state index contributed by atoms with van der Waals surface area (Å²) in [5, 5.41) is 2.82. The Balaban J connectivity index is 2.23. The van der Waals surface area contributed by atoms with Gasteiger partial charge in [-0.3, -0.25) is 9.78 Å². The van der Waals surface area contributed by atoms with Crippen molar-refractivity contribution < 1.29 is 9.53 Å². The number of hydrogen-bond acceptors (Lipinski definition) is 3. The Labute approximate surface area is 119 Å². The van der Waals surface area contributed by atoms with Gasteiger partial charge in [-0.2, -0.15) is 0 Å². The fourth-order valence-electron chi connectivity index (χ4n) is 1.63. The SMILES string of the molecule is COc1cc(C(=O)Nc2ccncc2Br)ccc1C. The molecule has 0 aliphatic heterocycles. The third kappa shape index (κ3) is 3.12. The van der Waals surface area contributed by atoms with E-state index in [1.165, 1.54) is 0 Å². The van der Waals surface area contributed by atoms with E-state index in [0.717, 1.165) is 10.0 Å². The van der Waals surface area contributed by atoms with Gasteiger partial charge in [0.15, 0.2) is 0 Å². The molecule has 1 N–H and O–H groups in total. The van der Waals surface area contributed by atoms with Crippen LogP contribution >= 0.6 is 15.9 Å². The van der Waals surface area contributed by atoms with Crippen LogP contribution in [0.25, 0.3) is 0 Å². The zero-order valence-corrected chi connectivity index (χ0v) is 12.2. The molecular weight excluding hydrogens is 308 g/mol. The number of aryl methyl sites for hydroxylation is 1. The molecular formula is C14H13BrN2O2. The monoisotopic (exact) mass is 320 g/mol. The lowest BCUT2D eigenvalue weighted by Crippen LogP contribution is -2.12. The van der Waals surface area contributed by atoms with Crippen molar-refractivity contribution in [3.8, 4) is 5.75 Å². The lowest BCUT2D eigenvalue weighted by Gasteiger charge is -2.09. The molecule has 98 valence electrons. The van der Waals surface area contributed by atoms with Gasteiger partial charge in [0.2, 0.25) is 0 Å². The molecule has 0 aliphatic rings. The van der Waals surface area contributed by atoms with Gasteiger partial charge in [-0.25, -0.2) is 0 Å². The average Bonchev–Trinajstić information content (AvgIpc) is 2.42. The Hall–Kier alpha value is -1.88. The van der Waals surface area contributed by atoms with Crippen molar-refractivity contribution in [3.05, 3.63) is 52.3 Å². The first kappa shape index (κ1) is 13.5. The molecule has 0 atom stereocenters. The van der Waals surface area contributed by atoms with E-state index >= 15 is 0 Å². The summed E-state index contributed by atoms with van der Waals surface area (Å²) in [6, 6.07) is 7.07. The summed E-state index contributed by atoms with van der Waals surface area (Å²) in [6.07, 6.45) is 3.25. The largest absolute Gasteiger partial charge is 0.496 e. The number of anilines is 1. The van der Waals surface area contributed by atoms with Crippen LogP contribution in [0.1, 0.15) is 15.9 Å². The zero-order valence-electron chi connectivity index (χ0n) is 10.6. The molecule has 0 saturated heterocycles. The summed E-state index contributed by atoms with van der Waals surface area (Å²) in [4.78, 5) is 16.1. The second-order valence-corrected chi connectivity index (χ2v) is 4.85. The molecule has 0 fully saturated rings. The molecule has 0 bridgehead atoms. The highest BCUT2D eigenvalue weighted by atomic mass is 79.9. The molecule has 0 unspecified atom stereocenters. The van der Waals surface area contributed by atoms with Crippen molar-refractivity contribution in [1.82, 2.24) is 4.98 Å². The minimum Gasteiger partial charge on any atom is -0.496 e. The number of carbonyl (C=O) groups excluding carboxylic acids is 1. The lowest BCUT2D eigenvalue weighted by atomic mass is 10.1. The van der Waals surface area contributed by atoms with Gasteiger partial charge in [0, 0.05) is 18.0 Å². The van der Waals surface area contributed by atoms with Gasteiger partial charge in [0.25, 0.3) is 5.91 Å². The van der Waals surface area contributed by atoms with Crippen LogP contribution in [-0.4, -0.2) is 18.0 Å². The number of amides is 1. The van der Waals surface area contributed by atoms with Crippen LogP contribution in [-0.2, 0) is 0 Å². The van der Waals surface area contributed by atoms with E-state index < -0.39 is 0 Å². The molecule has 2 rings (SSSR count). The quantitative estimate of drug-likeness (QED) is 0.942. The molecule has 19 heavy (non-hydrogen) atoms. The van der Waals surface area contributed by atoms with Gasteiger partial charge in [0.1, 0.15) is 5.75 Å². The van der Waals surface area contributed by atoms with E-state index in [0.29, 0.717) is 17.0 Å². The number of hydrogen-bond donors (Lipinski definition) is 1. The minimum atomic E-state index is -0.190. The molecule has 0 radical (unpaired) electrons. The average molecular weight is 321 g/mol. The number of benzene rings is 1. The summed E-state index contributed by atoms with van der Waals surface area (Å²) in [6.45, 7) is 1.93. The Morgan fingerprint density at radius 1 is 1.37 bits per heavy atom. The van der Waals surface area contributed by atoms with Gasteiger partial charge in [0.05, 0.1) is 17.3 Å². The van der Waals surface area contributed by atoms with Crippen LogP contribution in [0.5, 0.6) is 5.75 Å². The van der Waals surface area contributed by atoms with Gasteiger partial charge in [-0.15, -0.1) is 0 Å². The predicted octanol–water partition coefficient (Wildman–Crippen LogP) is 3.41. The summed E-state index contributed by atoms with van der Waals surface area (Å²) < 4.78 is 5.95. The molecule has 4 nitrogen and oxygen atoms in total. The van der Waals surface area contributed by atoms with Crippen molar-refractivity contribution in [2.75, 3.05) is 12.4 Å². The second-order valence-electron chi connectivity index (χ2n) is 3.99. The highest BCUT2D eigenvalue weighted by Gasteiger charge is 2.10. The van der Waals surface area contributed by atoms with Crippen molar-refractivity contribution in [3.63, 3.8) is 0 Å². The van der Waals surface area contributed by atoms with Crippen LogP contribution < -0.4 is 10.1 Å². The smallest absolute Gasteiger partial charge is 0.255 e. The van der Waals surface area contributed by atoms with E-state index in [9.17, 15) is 4.79 Å². The molecule has 1 aromatic heterocycles. The van der Waals surface area contributed by atoms with E-state index in [1.54, 1.807) is 37.7 Å². The fourth-order valence-corrected chi connectivity index (χ4v) is 1.98. The van der Waals surface area contributed by atoms with Crippen LogP contribution in [0.15, 0.2) is 41.1 Å². The normalized spacial score (nSPS) is 10.1. The number of methoxy groups -OCH3 is 1. The highest BCUT2D eigenvalue weighted by molar-refractivity contribution is 9.10. The Bertz CT molecular complexity index is 614. The first-order valence-electron chi connectivity index (χ1n) is 5.67. The number of carbonyl (C=O) groups is 1. The first-order valence-corrected chi connectivity index (χ1v) is 6.46. The number of aromatic nitrogens is 1. The number of nitrogens with zero attached hydrogens (tertiary/aromatic N) is 1. The maximum Gasteiger partial charge on any atom is 0.255 e. The van der Waals surface area contributed by atoms with E-state index in [4.69, 9.17) is 4.74 Å². The molecule has 1 amide bonds. The van der Waals surface area contributed by atoms with Crippen molar-refractivity contribution in [1.29, 1.82) is 0 Å². The first-order chi connectivity index (χ1) is 9.11.